The molecule has 0 aliphatic carbocycles. The number of rotatable bonds is 3. The molecule has 0 bridgehead atoms. The Hall–Kier alpha value is -0.930. The minimum atomic E-state index is -4.98. The van der Waals surface area contributed by atoms with Gasteiger partial charge in [-0.05, 0) is 40.8 Å². The van der Waals surface area contributed by atoms with Crippen LogP contribution in [-0.4, -0.2) is 27.9 Å². The molecule has 0 aromatic heterocycles. The van der Waals surface area contributed by atoms with Gasteiger partial charge in [-0.3, -0.25) is 18.5 Å². The van der Waals surface area contributed by atoms with Crippen LogP contribution >= 0.6 is 9.62 Å². The van der Waals surface area contributed by atoms with Gasteiger partial charge < -0.3 is 0 Å². The van der Waals surface area contributed by atoms with E-state index < -0.39 is 18.8 Å². The summed E-state index contributed by atoms with van der Waals surface area (Å²) in [7, 11) is -9.28. The van der Waals surface area contributed by atoms with E-state index in [1.165, 1.54) is 19.1 Å². The van der Waals surface area contributed by atoms with Crippen LogP contribution < -0.4 is 0 Å². The van der Waals surface area contributed by atoms with Crippen molar-refractivity contribution < 1.29 is 26.9 Å². The normalized spacial score (nSPS) is 13.5. The monoisotopic (exact) mass is 266 g/mol. The third-order valence-electron chi connectivity index (χ3n) is 1.86. The maximum absolute atomic E-state index is 10.9. The molecule has 0 unspecified atom stereocenters. The van der Waals surface area contributed by atoms with Crippen LogP contribution in [-0.2, 0) is 9.15 Å². The van der Waals surface area contributed by atoms with Crippen LogP contribution in [0, 0.1) is 0 Å². The molecule has 0 atom stereocenters. The van der Waals surface area contributed by atoms with Gasteiger partial charge in [0.2, 0.25) is 0 Å². The number of carbonyl (C=O) groups is 1. The molecule has 0 aliphatic rings. The molecule has 0 aliphatic heterocycles. The fourth-order valence-electron chi connectivity index (χ4n) is 0.989. The Labute approximate surface area is 93.4 Å². The highest BCUT2D eigenvalue weighted by molar-refractivity contribution is 8.83. The van der Waals surface area contributed by atoms with Crippen LogP contribution in [0.25, 0.3) is 0 Å². The van der Waals surface area contributed by atoms with E-state index in [1.807, 2.05) is 0 Å². The van der Waals surface area contributed by atoms with Crippen molar-refractivity contribution in [2.75, 3.05) is 0 Å². The van der Waals surface area contributed by atoms with Crippen LogP contribution in [0.3, 0.4) is 0 Å². The Bertz CT molecular complexity index is 502. The molecular weight excluding hydrogens is 256 g/mol. The summed E-state index contributed by atoms with van der Waals surface area (Å²) in [6.45, 7) is 1.32. The Morgan fingerprint density at radius 1 is 1.06 bits per heavy atom. The first-order chi connectivity index (χ1) is 7.16. The third kappa shape index (κ3) is 2.42. The molecule has 1 aromatic rings. The van der Waals surface area contributed by atoms with Gasteiger partial charge in [0.25, 0.3) is 0 Å². The summed E-state index contributed by atoms with van der Waals surface area (Å²) in [5, 5.41) is 0. The van der Waals surface area contributed by atoms with E-state index in [2.05, 4.69) is 0 Å². The van der Waals surface area contributed by atoms with Gasteiger partial charge in [-0.15, -0.1) is 0 Å². The molecule has 0 saturated heterocycles. The Balaban J connectivity index is 3.22. The van der Waals surface area contributed by atoms with Crippen LogP contribution in [0.1, 0.15) is 17.3 Å². The summed E-state index contributed by atoms with van der Waals surface area (Å²) in [4.78, 5) is 10.6. The van der Waals surface area contributed by atoms with Crippen molar-refractivity contribution >= 4 is 24.6 Å². The van der Waals surface area contributed by atoms with E-state index in [0.29, 0.717) is 5.56 Å². The number of carbonyl (C=O) groups excluding carboxylic acids is 1. The van der Waals surface area contributed by atoms with E-state index in [0.717, 1.165) is 12.1 Å². The fraction of sp³-hybridized carbons (Fsp3) is 0.125. The van der Waals surface area contributed by atoms with Crippen molar-refractivity contribution in [3.8, 4) is 0 Å². The molecule has 0 saturated carbocycles. The van der Waals surface area contributed by atoms with Crippen LogP contribution in [0.4, 0.5) is 0 Å². The minimum Gasteiger partial charge on any atom is -0.295 e. The van der Waals surface area contributed by atoms with Gasteiger partial charge in [-0.25, -0.2) is 0 Å². The molecule has 90 valence electrons. The van der Waals surface area contributed by atoms with E-state index in [1.54, 1.807) is 0 Å². The van der Waals surface area contributed by atoms with Crippen LogP contribution in [0.15, 0.2) is 29.2 Å². The second kappa shape index (κ2) is 4.15. The van der Waals surface area contributed by atoms with Crippen molar-refractivity contribution in [3.05, 3.63) is 29.8 Å². The molecule has 16 heavy (non-hydrogen) atoms. The molecule has 0 heterocycles. The summed E-state index contributed by atoms with van der Waals surface area (Å²) in [6.07, 6.45) is 0. The minimum absolute atomic E-state index is 0.241. The average Bonchev–Trinajstić information content (AvgIpc) is 2.16. The Morgan fingerprint density at radius 2 is 1.50 bits per heavy atom. The van der Waals surface area contributed by atoms with Gasteiger partial charge >= 0.3 is 9.15 Å². The third-order valence-corrected chi connectivity index (χ3v) is 5.67. The molecule has 3 N–H and O–H groups in total. The van der Waals surface area contributed by atoms with Gasteiger partial charge in [-0.2, -0.15) is 8.42 Å². The predicted molar refractivity (Wildman–Crippen MR) is 59.1 cm³/mol. The lowest BCUT2D eigenvalue weighted by Gasteiger charge is -2.27. The standard InChI is InChI=1S/C8H10O6S2/c1-6(9)7-2-4-8(5-3-7)15(10,11)16(12,13)14/h2-5,10-11H,1H3,(H,12,13,14). The highest BCUT2D eigenvalue weighted by atomic mass is 33.2. The predicted octanol–water partition coefficient (Wildman–Crippen LogP) is 1.80. The highest BCUT2D eigenvalue weighted by Crippen LogP contribution is 2.52. The first-order valence-electron chi connectivity index (χ1n) is 4.03. The molecule has 0 amide bonds. The Kier molecular flexibility index (Phi) is 3.41. The summed E-state index contributed by atoms with van der Waals surface area (Å²) < 4.78 is 48.6. The molecule has 0 spiro atoms. The average molecular weight is 266 g/mol. The lowest BCUT2D eigenvalue weighted by molar-refractivity contribution is 0.101. The molecule has 1 rings (SSSR count). The topological polar surface area (TPSA) is 112 Å². The summed E-state index contributed by atoms with van der Waals surface area (Å²) in [5.41, 5.74) is 0.300. The SMILES string of the molecule is CC(=O)c1ccc(S(O)(O)S(=O)(=O)O)cc1. The van der Waals surface area contributed by atoms with Crippen molar-refractivity contribution in [2.45, 2.75) is 11.8 Å². The number of Topliss-reactive ketones (excluding diaryl/α,β-unsaturated/α-hetero) is 1. The van der Waals surface area contributed by atoms with Gasteiger partial charge in [0.05, 0.1) is 4.90 Å². The maximum atomic E-state index is 10.9. The van der Waals surface area contributed by atoms with Gasteiger partial charge in [0, 0.05) is 5.56 Å². The zero-order valence-electron chi connectivity index (χ0n) is 8.19. The smallest absolute Gasteiger partial charge is 0.295 e. The fourth-order valence-corrected chi connectivity index (χ4v) is 2.79. The summed E-state index contributed by atoms with van der Waals surface area (Å²) in [5.74, 6) is -0.241. The summed E-state index contributed by atoms with van der Waals surface area (Å²) in [6, 6.07) is 4.63. The number of hydrogen-bond donors (Lipinski definition) is 3. The van der Waals surface area contributed by atoms with Crippen LogP contribution in [0.2, 0.25) is 0 Å². The zero-order chi connectivity index (χ0) is 12.6. The van der Waals surface area contributed by atoms with Gasteiger partial charge in [0.1, 0.15) is 0 Å². The van der Waals surface area contributed by atoms with E-state index in [-0.39, 0.29) is 10.7 Å². The molecule has 0 fully saturated rings. The number of ketones is 1. The second-order valence-electron chi connectivity index (χ2n) is 3.00. The molecular formula is C8H10O6S2. The Morgan fingerprint density at radius 3 is 1.81 bits per heavy atom. The lowest BCUT2D eigenvalue weighted by Crippen LogP contribution is -2.11. The molecule has 0 radical (unpaired) electrons. The van der Waals surface area contributed by atoms with Gasteiger partial charge in [-0.1, -0.05) is 0 Å². The molecule has 6 nitrogen and oxygen atoms in total. The molecule has 1 aromatic carbocycles. The molecule has 8 heteroatoms. The van der Waals surface area contributed by atoms with Gasteiger partial charge in [0.15, 0.2) is 5.78 Å². The van der Waals surface area contributed by atoms with E-state index in [9.17, 15) is 22.3 Å². The van der Waals surface area contributed by atoms with E-state index >= 15 is 0 Å². The number of hydrogen-bond acceptors (Lipinski definition) is 5. The van der Waals surface area contributed by atoms with Crippen molar-refractivity contribution in [3.63, 3.8) is 0 Å². The number of benzene rings is 1. The lowest BCUT2D eigenvalue weighted by atomic mass is 10.2. The largest absolute Gasteiger partial charge is 0.374 e. The zero-order valence-corrected chi connectivity index (χ0v) is 9.83. The van der Waals surface area contributed by atoms with Crippen LogP contribution in [0.5, 0.6) is 0 Å². The van der Waals surface area contributed by atoms with Crippen molar-refractivity contribution in [2.24, 2.45) is 0 Å². The quantitative estimate of drug-likeness (QED) is 0.437. The maximum Gasteiger partial charge on any atom is 0.374 e. The van der Waals surface area contributed by atoms with Crippen molar-refractivity contribution in [1.29, 1.82) is 0 Å². The second-order valence-corrected chi connectivity index (χ2v) is 7.98. The highest BCUT2D eigenvalue weighted by Gasteiger charge is 2.30. The first kappa shape index (κ1) is 13.1. The van der Waals surface area contributed by atoms with E-state index in [4.69, 9.17) is 4.55 Å². The summed E-state index contributed by atoms with van der Waals surface area (Å²) >= 11 is 0. The van der Waals surface area contributed by atoms with Crippen molar-refractivity contribution in [1.82, 2.24) is 0 Å². The first-order valence-corrected chi connectivity index (χ1v) is 7.53.